The summed E-state index contributed by atoms with van der Waals surface area (Å²) in [6.45, 7) is 1.05. The van der Waals surface area contributed by atoms with Crippen LogP contribution in [-0.4, -0.2) is 18.6 Å². The van der Waals surface area contributed by atoms with Gasteiger partial charge in [0.2, 0.25) is 0 Å². The molecule has 0 aliphatic carbocycles. The maximum Gasteiger partial charge on any atom is 0.0341 e. The average Bonchev–Trinajstić information content (AvgIpc) is 2.26. The van der Waals surface area contributed by atoms with Crippen molar-refractivity contribution in [3.63, 3.8) is 0 Å². The summed E-state index contributed by atoms with van der Waals surface area (Å²) >= 11 is 1.92. The molecule has 0 bridgehead atoms. The molecule has 0 aliphatic rings. The summed E-state index contributed by atoms with van der Waals surface area (Å²) in [4.78, 5) is 0. The lowest BCUT2D eigenvalue weighted by Crippen LogP contribution is -2.01. The molecule has 0 amide bonds. The van der Waals surface area contributed by atoms with Gasteiger partial charge >= 0.3 is 0 Å². The van der Waals surface area contributed by atoms with Gasteiger partial charge in [-0.3, -0.25) is 0 Å². The van der Waals surface area contributed by atoms with Crippen molar-refractivity contribution in [3.05, 3.63) is 24.3 Å². The van der Waals surface area contributed by atoms with Gasteiger partial charge in [-0.2, -0.15) is 11.8 Å². The minimum atomic E-state index is 0.820. The summed E-state index contributed by atoms with van der Waals surface area (Å²) in [6, 6.07) is 7.90. The van der Waals surface area contributed by atoms with Crippen molar-refractivity contribution in [3.8, 4) is 0 Å². The largest absolute Gasteiger partial charge is 0.399 e. The smallest absolute Gasteiger partial charge is 0.0341 e. The van der Waals surface area contributed by atoms with Crippen molar-refractivity contribution >= 4 is 23.1 Å². The molecule has 0 fully saturated rings. The highest BCUT2D eigenvalue weighted by atomic mass is 32.2. The molecule has 0 aromatic heterocycles. The zero-order valence-corrected chi connectivity index (χ0v) is 10.1. The Hall–Kier alpha value is -0.830. The van der Waals surface area contributed by atoms with Crippen molar-refractivity contribution in [2.45, 2.75) is 19.3 Å². The Kier molecular flexibility index (Phi) is 6.09. The van der Waals surface area contributed by atoms with E-state index >= 15 is 0 Å². The number of hydrogen-bond acceptors (Lipinski definition) is 3. The molecule has 1 aromatic carbocycles. The molecule has 0 unspecified atom stereocenters. The van der Waals surface area contributed by atoms with Crippen LogP contribution in [0.15, 0.2) is 24.3 Å². The predicted octanol–water partition coefficient (Wildman–Crippen LogP) is 3.21. The van der Waals surface area contributed by atoms with Crippen molar-refractivity contribution in [2.75, 3.05) is 29.6 Å². The van der Waals surface area contributed by atoms with E-state index in [-0.39, 0.29) is 0 Å². The van der Waals surface area contributed by atoms with Gasteiger partial charge in [0.15, 0.2) is 0 Å². The molecule has 0 heterocycles. The molecule has 0 aliphatic heterocycles. The van der Waals surface area contributed by atoms with Crippen LogP contribution in [0.5, 0.6) is 0 Å². The van der Waals surface area contributed by atoms with E-state index in [1.54, 1.807) is 0 Å². The van der Waals surface area contributed by atoms with Gasteiger partial charge in [0.1, 0.15) is 0 Å². The van der Waals surface area contributed by atoms with Gasteiger partial charge in [-0.25, -0.2) is 0 Å². The van der Waals surface area contributed by atoms with Crippen LogP contribution in [0, 0.1) is 0 Å². The fourth-order valence-electron chi connectivity index (χ4n) is 1.38. The second-order valence-corrected chi connectivity index (χ2v) is 4.59. The maximum absolute atomic E-state index is 5.61. The number of thioether (sulfide) groups is 1. The van der Waals surface area contributed by atoms with E-state index in [0.29, 0.717) is 0 Å². The molecule has 2 nitrogen and oxygen atoms in total. The molecule has 0 radical (unpaired) electrons. The number of nitrogens with one attached hydrogen (secondary N) is 1. The zero-order chi connectivity index (χ0) is 10.9. The quantitative estimate of drug-likeness (QED) is 0.551. The third kappa shape index (κ3) is 5.57. The molecule has 15 heavy (non-hydrogen) atoms. The van der Waals surface area contributed by atoms with Crippen LogP contribution in [0.2, 0.25) is 0 Å². The lowest BCUT2D eigenvalue weighted by Gasteiger charge is -2.06. The number of hydrogen-bond donors (Lipinski definition) is 2. The Morgan fingerprint density at radius 1 is 1.13 bits per heavy atom. The molecular weight excluding hydrogens is 204 g/mol. The molecule has 0 saturated carbocycles. The molecule has 1 aromatic rings. The van der Waals surface area contributed by atoms with Gasteiger partial charge in [0.25, 0.3) is 0 Å². The van der Waals surface area contributed by atoms with Crippen LogP contribution in [0.3, 0.4) is 0 Å². The second-order valence-electron chi connectivity index (χ2n) is 3.60. The molecule has 0 atom stereocenters. The molecule has 0 saturated heterocycles. The first-order valence-electron chi connectivity index (χ1n) is 5.41. The first-order valence-corrected chi connectivity index (χ1v) is 6.80. The fourth-order valence-corrected chi connectivity index (χ4v) is 1.87. The number of rotatable bonds is 7. The van der Waals surface area contributed by atoms with Gasteiger partial charge in [-0.05, 0) is 49.1 Å². The van der Waals surface area contributed by atoms with Crippen molar-refractivity contribution in [2.24, 2.45) is 0 Å². The number of anilines is 2. The second kappa shape index (κ2) is 7.46. The van der Waals surface area contributed by atoms with Crippen LogP contribution in [0.25, 0.3) is 0 Å². The summed E-state index contributed by atoms with van der Waals surface area (Å²) in [5, 5.41) is 3.39. The molecule has 3 N–H and O–H groups in total. The van der Waals surface area contributed by atoms with Crippen LogP contribution >= 0.6 is 11.8 Å². The molecule has 1 rings (SSSR count). The minimum absolute atomic E-state index is 0.820. The Balaban J connectivity index is 2.07. The summed E-state index contributed by atoms with van der Waals surface area (Å²) in [7, 11) is 0. The van der Waals surface area contributed by atoms with E-state index in [4.69, 9.17) is 5.73 Å². The highest BCUT2D eigenvalue weighted by molar-refractivity contribution is 7.98. The van der Waals surface area contributed by atoms with Crippen LogP contribution in [-0.2, 0) is 0 Å². The third-order valence-corrected chi connectivity index (χ3v) is 2.96. The third-order valence-electron chi connectivity index (χ3n) is 2.27. The molecule has 3 heteroatoms. The van der Waals surface area contributed by atoms with E-state index in [1.165, 1.54) is 25.0 Å². The Bertz CT molecular complexity index is 259. The van der Waals surface area contributed by atoms with Gasteiger partial charge in [-0.15, -0.1) is 0 Å². The van der Waals surface area contributed by atoms with Gasteiger partial charge in [0, 0.05) is 17.9 Å². The highest BCUT2D eigenvalue weighted by Crippen LogP contribution is 2.10. The van der Waals surface area contributed by atoms with Crippen molar-refractivity contribution in [1.82, 2.24) is 0 Å². The molecule has 84 valence electrons. The topological polar surface area (TPSA) is 38.0 Å². The Morgan fingerprint density at radius 2 is 1.87 bits per heavy atom. The maximum atomic E-state index is 5.61. The zero-order valence-electron chi connectivity index (χ0n) is 9.33. The number of nitrogens with two attached hydrogens (primary N) is 1. The lowest BCUT2D eigenvalue weighted by molar-refractivity contribution is 0.750. The fraction of sp³-hybridized carbons (Fsp3) is 0.500. The lowest BCUT2D eigenvalue weighted by atomic mass is 10.2. The standard InChI is InChI=1S/C12H20N2S/c1-15-10-4-2-3-9-14-12-7-5-11(13)6-8-12/h5-8,14H,2-4,9-10,13H2,1H3. The van der Waals surface area contributed by atoms with Crippen molar-refractivity contribution < 1.29 is 0 Å². The van der Waals surface area contributed by atoms with E-state index in [0.717, 1.165) is 17.9 Å². The Morgan fingerprint density at radius 3 is 2.53 bits per heavy atom. The Labute approximate surface area is 96.6 Å². The summed E-state index contributed by atoms with van der Waals surface area (Å²) in [5.74, 6) is 1.28. The number of unbranched alkanes of at least 4 members (excludes halogenated alkanes) is 2. The van der Waals surface area contributed by atoms with Crippen LogP contribution in [0.4, 0.5) is 11.4 Å². The first kappa shape index (κ1) is 12.2. The minimum Gasteiger partial charge on any atom is -0.399 e. The van der Waals surface area contributed by atoms with Crippen molar-refractivity contribution in [1.29, 1.82) is 0 Å². The van der Waals surface area contributed by atoms with Gasteiger partial charge < -0.3 is 11.1 Å². The first-order chi connectivity index (χ1) is 7.33. The highest BCUT2D eigenvalue weighted by Gasteiger charge is 1.92. The molecule has 0 spiro atoms. The number of nitrogen functional groups attached to an aromatic ring is 1. The van der Waals surface area contributed by atoms with Gasteiger partial charge in [-0.1, -0.05) is 6.42 Å². The SMILES string of the molecule is CSCCCCCNc1ccc(N)cc1. The average molecular weight is 224 g/mol. The summed E-state index contributed by atoms with van der Waals surface area (Å²) in [5.41, 5.74) is 7.59. The normalized spacial score (nSPS) is 10.2. The van der Waals surface area contributed by atoms with E-state index in [1.807, 2.05) is 36.0 Å². The molecular formula is C12H20N2S. The predicted molar refractivity (Wildman–Crippen MR) is 71.6 cm³/mol. The van der Waals surface area contributed by atoms with Gasteiger partial charge in [0.05, 0.1) is 0 Å². The van der Waals surface area contributed by atoms with E-state index in [9.17, 15) is 0 Å². The summed E-state index contributed by atoms with van der Waals surface area (Å²) < 4.78 is 0. The van der Waals surface area contributed by atoms with Crippen LogP contribution < -0.4 is 11.1 Å². The number of benzene rings is 1. The monoisotopic (exact) mass is 224 g/mol. The van der Waals surface area contributed by atoms with E-state index in [2.05, 4.69) is 11.6 Å². The van der Waals surface area contributed by atoms with Crippen LogP contribution in [0.1, 0.15) is 19.3 Å². The van der Waals surface area contributed by atoms with E-state index < -0.39 is 0 Å². The summed E-state index contributed by atoms with van der Waals surface area (Å²) in [6.07, 6.45) is 6.03.